The van der Waals surface area contributed by atoms with Gasteiger partial charge in [-0.1, -0.05) is 0 Å². The molecular formula is C6H16F2N2O5S2. The molecule has 0 bridgehead atoms. The van der Waals surface area contributed by atoms with Crippen LogP contribution in [0.1, 0.15) is 6.92 Å². The molecule has 11 heteroatoms. The Morgan fingerprint density at radius 1 is 1.12 bits per heavy atom. The lowest BCUT2D eigenvalue weighted by Crippen LogP contribution is -2.41. The van der Waals surface area contributed by atoms with Gasteiger partial charge in [-0.05, 0) is 6.92 Å². The summed E-state index contributed by atoms with van der Waals surface area (Å²) in [5.74, 6) is 0. The van der Waals surface area contributed by atoms with Gasteiger partial charge in [-0.3, -0.25) is 0 Å². The number of quaternary nitrogens is 1. The fourth-order valence-corrected chi connectivity index (χ4v) is 1.39. The van der Waals surface area contributed by atoms with E-state index in [1.165, 1.54) is 0 Å². The van der Waals surface area contributed by atoms with Crippen LogP contribution in [0.2, 0.25) is 0 Å². The van der Waals surface area contributed by atoms with E-state index in [4.69, 9.17) is 5.11 Å². The number of aliphatic hydroxyl groups excluding tert-OH is 1. The van der Waals surface area contributed by atoms with Crippen LogP contribution >= 0.6 is 0 Å². The highest BCUT2D eigenvalue weighted by molar-refractivity contribution is 8.07. The molecule has 0 aromatic heterocycles. The molecule has 0 unspecified atom stereocenters. The van der Waals surface area contributed by atoms with E-state index < -0.39 is 20.8 Å². The molecule has 0 radical (unpaired) electrons. The summed E-state index contributed by atoms with van der Waals surface area (Å²) in [5.41, 5.74) is 0. The van der Waals surface area contributed by atoms with Gasteiger partial charge in [0, 0.05) is 0 Å². The first kappa shape index (κ1) is 19.0. The van der Waals surface area contributed by atoms with Crippen molar-refractivity contribution < 1.29 is 34.2 Å². The van der Waals surface area contributed by atoms with E-state index in [0.717, 1.165) is 21.7 Å². The highest BCUT2D eigenvalue weighted by atomic mass is 32.3. The van der Waals surface area contributed by atoms with E-state index in [1.807, 2.05) is 0 Å². The second kappa shape index (κ2) is 7.16. The summed E-state index contributed by atoms with van der Waals surface area (Å²) in [6.07, 6.45) is 0. The summed E-state index contributed by atoms with van der Waals surface area (Å²) in [5, 5.41) is 8.52. The molecule has 7 nitrogen and oxygen atoms in total. The fraction of sp³-hybridized carbons (Fsp3) is 1.00. The van der Waals surface area contributed by atoms with E-state index in [1.54, 1.807) is 0 Å². The van der Waals surface area contributed by atoms with Gasteiger partial charge in [-0.25, -0.2) is 16.8 Å². The first-order chi connectivity index (χ1) is 7.33. The van der Waals surface area contributed by atoms with Crippen molar-refractivity contribution in [2.45, 2.75) is 6.92 Å². The van der Waals surface area contributed by atoms with E-state index in [2.05, 4.69) is 21.0 Å². The molecule has 0 amide bonds. The quantitative estimate of drug-likeness (QED) is 0.562. The summed E-state index contributed by atoms with van der Waals surface area (Å²) in [4.78, 5) is 0. The number of nitrogens with zero attached hydrogens (tertiary/aromatic N) is 2. The van der Waals surface area contributed by atoms with E-state index in [-0.39, 0.29) is 0 Å². The topological polar surface area (TPSA) is 103 Å². The van der Waals surface area contributed by atoms with Crippen molar-refractivity contribution >= 4 is 20.8 Å². The lowest BCUT2D eigenvalue weighted by atomic mass is 10.5. The lowest BCUT2D eigenvalue weighted by molar-refractivity contribution is -0.888. The average molecular weight is 298 g/mol. The van der Waals surface area contributed by atoms with Gasteiger partial charge in [0.15, 0.2) is 0 Å². The van der Waals surface area contributed by atoms with Crippen molar-refractivity contribution in [3.05, 3.63) is 4.13 Å². The van der Waals surface area contributed by atoms with Crippen molar-refractivity contribution in [2.75, 3.05) is 33.8 Å². The molecule has 0 aromatic carbocycles. The monoisotopic (exact) mass is 298 g/mol. The van der Waals surface area contributed by atoms with E-state index in [0.29, 0.717) is 6.61 Å². The first-order valence-electron chi connectivity index (χ1n) is 4.39. The number of hydrogen-bond acceptors (Lipinski definition) is 5. The number of rotatable bonds is 5. The molecule has 0 saturated carbocycles. The standard InChI is InChI=1S/C6H16NO.F2NO4S2/c1-4-7(2,3)5-6-8;1-8(4,5)3-9(2,6)7/h8H,4-6H2,1-3H3;/q+1;-1. The van der Waals surface area contributed by atoms with Crippen LogP contribution in [-0.4, -0.2) is 60.2 Å². The average Bonchev–Trinajstić information content (AvgIpc) is 1.98. The highest BCUT2D eigenvalue weighted by Gasteiger charge is 2.08. The molecule has 1 N–H and O–H groups in total. The molecule has 0 fully saturated rings. The summed E-state index contributed by atoms with van der Waals surface area (Å²) in [6.45, 7) is 4.35. The second-order valence-corrected chi connectivity index (χ2v) is 5.84. The molecule has 0 atom stereocenters. The molecule has 0 aliphatic heterocycles. The fourth-order valence-electron chi connectivity index (χ4n) is 0.535. The Hall–Kier alpha value is -0.360. The Morgan fingerprint density at radius 3 is 1.53 bits per heavy atom. The van der Waals surface area contributed by atoms with Crippen LogP contribution in [0.5, 0.6) is 0 Å². The van der Waals surface area contributed by atoms with Gasteiger partial charge in [-0.15, -0.1) is 7.77 Å². The van der Waals surface area contributed by atoms with Gasteiger partial charge in [0.2, 0.25) is 20.8 Å². The maximum atomic E-state index is 11.1. The third-order valence-corrected chi connectivity index (χ3v) is 3.16. The molecule has 0 aliphatic rings. The van der Waals surface area contributed by atoms with Crippen molar-refractivity contribution in [3.8, 4) is 0 Å². The molecular weight excluding hydrogens is 282 g/mol. The number of likely N-dealkylation sites (N-methyl/N-ethyl adjacent to an activating group) is 1. The van der Waals surface area contributed by atoms with Crippen LogP contribution in [-0.2, 0) is 20.8 Å². The molecule has 0 aromatic rings. The predicted octanol–water partition coefficient (Wildman–Crippen LogP) is -0.136. The molecule has 17 heavy (non-hydrogen) atoms. The van der Waals surface area contributed by atoms with E-state index in [9.17, 15) is 24.6 Å². The number of aliphatic hydroxyl groups is 1. The van der Waals surface area contributed by atoms with Crippen LogP contribution in [0.15, 0.2) is 0 Å². The SMILES string of the molecule is CC[N+](C)(C)CCO.O=S(=O)(F)[N-]S(=O)(=O)F. The van der Waals surface area contributed by atoms with Crippen LogP contribution < -0.4 is 0 Å². The van der Waals surface area contributed by atoms with Crippen molar-refractivity contribution in [1.29, 1.82) is 0 Å². The molecule has 0 rings (SSSR count). The van der Waals surface area contributed by atoms with Gasteiger partial charge < -0.3 is 13.7 Å². The highest BCUT2D eigenvalue weighted by Crippen LogP contribution is 2.11. The largest absolute Gasteiger partial charge is 0.391 e. The zero-order valence-corrected chi connectivity index (χ0v) is 11.3. The third kappa shape index (κ3) is 18.2. The van der Waals surface area contributed by atoms with Crippen molar-refractivity contribution in [2.24, 2.45) is 0 Å². The molecule has 0 spiro atoms. The van der Waals surface area contributed by atoms with Crippen LogP contribution in [0, 0.1) is 0 Å². The van der Waals surface area contributed by atoms with Crippen LogP contribution in [0.4, 0.5) is 7.77 Å². The minimum absolute atomic E-state index is 0.292. The van der Waals surface area contributed by atoms with Gasteiger partial charge >= 0.3 is 0 Å². The summed E-state index contributed by atoms with van der Waals surface area (Å²) < 4.78 is 61.0. The summed E-state index contributed by atoms with van der Waals surface area (Å²) in [7, 11) is -7.02. The minimum atomic E-state index is -5.62. The van der Waals surface area contributed by atoms with Crippen molar-refractivity contribution in [1.82, 2.24) is 0 Å². The Kier molecular flexibility index (Phi) is 8.00. The lowest BCUT2D eigenvalue weighted by Gasteiger charge is -2.26. The molecule has 0 heterocycles. The van der Waals surface area contributed by atoms with E-state index >= 15 is 0 Å². The predicted molar refractivity (Wildman–Crippen MR) is 58.0 cm³/mol. The molecule has 0 saturated heterocycles. The second-order valence-electron chi connectivity index (χ2n) is 3.60. The number of hydrogen-bond donors (Lipinski definition) is 1. The maximum absolute atomic E-state index is 11.1. The summed E-state index contributed by atoms with van der Waals surface area (Å²) in [6, 6.07) is 0. The van der Waals surface area contributed by atoms with Crippen molar-refractivity contribution in [3.63, 3.8) is 0 Å². The zero-order valence-electron chi connectivity index (χ0n) is 9.67. The normalized spacial score (nSPS) is 12.8. The van der Waals surface area contributed by atoms with Crippen LogP contribution in [0.25, 0.3) is 4.13 Å². The molecule has 106 valence electrons. The van der Waals surface area contributed by atoms with Crippen LogP contribution in [0.3, 0.4) is 0 Å². The number of halogens is 2. The smallest absolute Gasteiger partial charge is 0.241 e. The Morgan fingerprint density at radius 2 is 1.47 bits per heavy atom. The van der Waals surface area contributed by atoms with Gasteiger partial charge in [0.05, 0.1) is 27.2 Å². The van der Waals surface area contributed by atoms with Gasteiger partial charge in [-0.2, -0.15) is 0 Å². The third-order valence-electron chi connectivity index (χ3n) is 1.74. The van der Waals surface area contributed by atoms with Gasteiger partial charge in [0.1, 0.15) is 6.54 Å². The Bertz CT molecular complexity index is 376. The minimum Gasteiger partial charge on any atom is -0.391 e. The first-order valence-corrected chi connectivity index (χ1v) is 7.07. The maximum Gasteiger partial charge on any atom is 0.241 e. The zero-order chi connectivity index (χ0) is 14.3. The Labute approximate surface area is 100 Å². The molecule has 0 aliphatic carbocycles. The van der Waals surface area contributed by atoms with Gasteiger partial charge in [0.25, 0.3) is 0 Å². The summed E-state index contributed by atoms with van der Waals surface area (Å²) >= 11 is 0. The Balaban J connectivity index is 0.